The van der Waals surface area contributed by atoms with E-state index >= 15 is 0 Å². The van der Waals surface area contributed by atoms with E-state index in [1.54, 1.807) is 0 Å². The molecule has 1 heterocycles. The van der Waals surface area contributed by atoms with Gasteiger partial charge in [0.05, 0.1) is 6.10 Å². The van der Waals surface area contributed by atoms with Crippen molar-refractivity contribution in [3.8, 4) is 0 Å². The van der Waals surface area contributed by atoms with Crippen molar-refractivity contribution >= 4 is 11.6 Å². The molecule has 5 rings (SSSR count). The topological polar surface area (TPSA) is 46.7 Å². The Labute approximate surface area is 106 Å². The fourth-order valence-electron chi connectivity index (χ4n) is 4.77. The van der Waals surface area contributed by atoms with Crippen LogP contribution in [0.25, 0.3) is 0 Å². The molecule has 0 aromatic carbocycles. The van der Waals surface area contributed by atoms with Crippen LogP contribution in [0, 0.1) is 35.5 Å². The molecule has 3 saturated carbocycles. The summed E-state index contributed by atoms with van der Waals surface area (Å²) in [4.78, 5) is 24.9. The quantitative estimate of drug-likeness (QED) is 0.477. The third-order valence-corrected chi connectivity index (χ3v) is 5.80. The first-order valence-electron chi connectivity index (χ1n) is 7.15. The summed E-state index contributed by atoms with van der Waals surface area (Å²) in [6.07, 6.45) is 7.58. The normalized spacial score (nSPS) is 59.3. The molecule has 0 spiro atoms. The van der Waals surface area contributed by atoms with Gasteiger partial charge in [-0.25, -0.2) is 0 Å². The molecule has 0 bridgehead atoms. The number of rotatable bonds is 0. The molecule has 2 unspecified atom stereocenters. The van der Waals surface area contributed by atoms with Crippen LogP contribution in [-0.4, -0.2) is 23.8 Å². The standard InChI is InChI=1S/C15H16O3/c16-13-9-4-8(9)3-6-1-2-7-5-10-15(18-10)14(17)12(7)11(6)13/h1-2,6-12,15H,3-5H2/t6-,7-,8+,9?,10?,11-,12-,15-/m1/s1. The molecular weight excluding hydrogens is 228 g/mol. The van der Waals surface area contributed by atoms with Gasteiger partial charge in [-0.05, 0) is 37.0 Å². The number of Topliss-reactive ketones (excluding diaryl/α,β-unsaturated/α-hetero) is 2. The van der Waals surface area contributed by atoms with Gasteiger partial charge in [0.25, 0.3) is 0 Å². The van der Waals surface area contributed by atoms with Gasteiger partial charge in [0.1, 0.15) is 11.9 Å². The van der Waals surface area contributed by atoms with Gasteiger partial charge in [-0.3, -0.25) is 9.59 Å². The smallest absolute Gasteiger partial charge is 0.168 e. The monoisotopic (exact) mass is 244 g/mol. The fourth-order valence-corrected chi connectivity index (χ4v) is 4.77. The minimum absolute atomic E-state index is 0.0126. The second-order valence-corrected chi connectivity index (χ2v) is 6.74. The van der Waals surface area contributed by atoms with Gasteiger partial charge in [0, 0.05) is 17.8 Å². The average Bonchev–Trinajstić information content (AvgIpc) is 3.21. The maximum Gasteiger partial charge on any atom is 0.168 e. The van der Waals surface area contributed by atoms with Crippen molar-refractivity contribution in [3.63, 3.8) is 0 Å². The summed E-state index contributed by atoms with van der Waals surface area (Å²) in [7, 11) is 0. The first-order chi connectivity index (χ1) is 8.74. The van der Waals surface area contributed by atoms with E-state index < -0.39 is 0 Å². The van der Waals surface area contributed by atoms with Crippen LogP contribution in [0.1, 0.15) is 19.3 Å². The van der Waals surface area contributed by atoms with Crippen LogP contribution >= 0.6 is 0 Å². The van der Waals surface area contributed by atoms with Gasteiger partial charge in [0.15, 0.2) is 5.78 Å². The Morgan fingerprint density at radius 2 is 1.67 bits per heavy atom. The molecule has 0 amide bonds. The van der Waals surface area contributed by atoms with Crippen LogP contribution in [-0.2, 0) is 14.3 Å². The van der Waals surface area contributed by atoms with E-state index in [-0.39, 0.29) is 35.7 Å². The number of carbonyl (C=O) groups is 2. The van der Waals surface area contributed by atoms with Crippen molar-refractivity contribution in [2.24, 2.45) is 35.5 Å². The van der Waals surface area contributed by atoms with Crippen molar-refractivity contribution in [1.29, 1.82) is 0 Å². The summed E-state index contributed by atoms with van der Waals surface area (Å²) in [6, 6.07) is 0. The van der Waals surface area contributed by atoms with E-state index in [0.717, 1.165) is 19.3 Å². The number of ether oxygens (including phenoxy) is 1. The van der Waals surface area contributed by atoms with Crippen LogP contribution in [0.4, 0.5) is 0 Å². The highest BCUT2D eigenvalue weighted by Crippen LogP contribution is 2.58. The maximum atomic E-state index is 12.5. The van der Waals surface area contributed by atoms with E-state index in [0.29, 0.717) is 23.5 Å². The van der Waals surface area contributed by atoms with E-state index in [2.05, 4.69) is 12.2 Å². The van der Waals surface area contributed by atoms with E-state index in [1.165, 1.54) is 0 Å². The summed E-state index contributed by atoms with van der Waals surface area (Å²) in [5, 5.41) is 0. The molecule has 0 aromatic heterocycles. The minimum atomic E-state index is -0.164. The third-order valence-electron chi connectivity index (χ3n) is 5.80. The number of hydrogen-bond donors (Lipinski definition) is 0. The third kappa shape index (κ3) is 1.09. The lowest BCUT2D eigenvalue weighted by Gasteiger charge is -2.41. The predicted molar refractivity (Wildman–Crippen MR) is 62.6 cm³/mol. The van der Waals surface area contributed by atoms with Gasteiger partial charge < -0.3 is 4.74 Å². The summed E-state index contributed by atoms with van der Waals surface area (Å²) < 4.78 is 5.44. The minimum Gasteiger partial charge on any atom is -0.361 e. The van der Waals surface area contributed by atoms with E-state index in [1.807, 2.05) is 0 Å². The Kier molecular flexibility index (Phi) is 1.63. The second kappa shape index (κ2) is 2.96. The Morgan fingerprint density at radius 3 is 2.50 bits per heavy atom. The highest BCUT2D eigenvalue weighted by atomic mass is 16.6. The lowest BCUT2D eigenvalue weighted by Crippen LogP contribution is -2.48. The van der Waals surface area contributed by atoms with Crippen molar-refractivity contribution in [3.05, 3.63) is 12.2 Å². The molecule has 0 radical (unpaired) electrons. The number of ketones is 2. The van der Waals surface area contributed by atoms with Gasteiger partial charge >= 0.3 is 0 Å². The van der Waals surface area contributed by atoms with E-state index in [9.17, 15) is 9.59 Å². The molecule has 8 atom stereocenters. The highest BCUT2D eigenvalue weighted by Gasteiger charge is 2.62. The molecule has 0 aromatic rings. The zero-order valence-corrected chi connectivity index (χ0v) is 10.1. The molecule has 4 fully saturated rings. The van der Waals surface area contributed by atoms with Crippen LogP contribution in [0.5, 0.6) is 0 Å². The number of epoxide rings is 1. The largest absolute Gasteiger partial charge is 0.361 e. The number of fused-ring (bicyclic) bond motifs is 5. The molecular formula is C15H16O3. The average molecular weight is 244 g/mol. The first-order valence-corrected chi connectivity index (χ1v) is 7.15. The lowest BCUT2D eigenvalue weighted by molar-refractivity contribution is -0.139. The molecule has 5 aliphatic rings. The zero-order valence-electron chi connectivity index (χ0n) is 10.1. The molecule has 0 N–H and O–H groups in total. The summed E-state index contributed by atoms with van der Waals surface area (Å²) in [6.45, 7) is 0. The number of allylic oxidation sites excluding steroid dienone is 2. The zero-order chi connectivity index (χ0) is 12.0. The Balaban J connectivity index is 1.57. The van der Waals surface area contributed by atoms with Crippen LogP contribution in [0.3, 0.4) is 0 Å². The van der Waals surface area contributed by atoms with Gasteiger partial charge in [0.2, 0.25) is 0 Å². The number of hydrogen-bond acceptors (Lipinski definition) is 3. The number of carbonyl (C=O) groups excluding carboxylic acids is 2. The summed E-state index contributed by atoms with van der Waals surface area (Å²) in [5.74, 6) is 2.07. The van der Waals surface area contributed by atoms with Gasteiger partial charge in [-0.15, -0.1) is 0 Å². The van der Waals surface area contributed by atoms with Crippen molar-refractivity contribution in [1.82, 2.24) is 0 Å². The molecule has 1 saturated heterocycles. The summed E-state index contributed by atoms with van der Waals surface area (Å²) >= 11 is 0. The van der Waals surface area contributed by atoms with E-state index in [4.69, 9.17) is 4.74 Å². The fraction of sp³-hybridized carbons (Fsp3) is 0.733. The first kappa shape index (κ1) is 9.90. The molecule has 1 aliphatic heterocycles. The van der Waals surface area contributed by atoms with Crippen LogP contribution in [0.2, 0.25) is 0 Å². The van der Waals surface area contributed by atoms with Crippen LogP contribution < -0.4 is 0 Å². The lowest BCUT2D eigenvalue weighted by atomic mass is 9.60. The molecule has 3 nitrogen and oxygen atoms in total. The van der Waals surface area contributed by atoms with Crippen molar-refractivity contribution < 1.29 is 14.3 Å². The Morgan fingerprint density at radius 1 is 0.944 bits per heavy atom. The molecule has 4 aliphatic carbocycles. The SMILES string of the molecule is O=C1C2C[C@@H]2C[C@H]2C=C[C@@H]3CC4O[C@H]4C(=O)[C@H]3[C@H]12. The van der Waals surface area contributed by atoms with Gasteiger partial charge in [-0.1, -0.05) is 12.2 Å². The second-order valence-electron chi connectivity index (χ2n) is 6.74. The molecule has 94 valence electrons. The van der Waals surface area contributed by atoms with Crippen LogP contribution in [0.15, 0.2) is 12.2 Å². The predicted octanol–water partition coefficient (Wildman–Crippen LogP) is 1.37. The highest BCUT2D eigenvalue weighted by molar-refractivity contribution is 5.97. The summed E-state index contributed by atoms with van der Waals surface area (Å²) in [5.41, 5.74) is 0. The van der Waals surface area contributed by atoms with Crippen molar-refractivity contribution in [2.45, 2.75) is 31.5 Å². The van der Waals surface area contributed by atoms with Crippen molar-refractivity contribution in [2.75, 3.05) is 0 Å². The molecule has 18 heavy (non-hydrogen) atoms. The Hall–Kier alpha value is -0.960. The van der Waals surface area contributed by atoms with Gasteiger partial charge in [-0.2, -0.15) is 0 Å². The maximum absolute atomic E-state index is 12.5. The Bertz CT molecular complexity index is 450. The molecule has 3 heteroatoms.